The molecule has 1 aromatic carbocycles. The van der Waals surface area contributed by atoms with Crippen molar-refractivity contribution < 1.29 is 14.4 Å². The minimum atomic E-state index is -0.202. The maximum atomic E-state index is 12.4. The summed E-state index contributed by atoms with van der Waals surface area (Å²) in [5.74, 6) is 0.352. The van der Waals surface area contributed by atoms with Gasteiger partial charge in [0.2, 0.25) is 11.8 Å². The summed E-state index contributed by atoms with van der Waals surface area (Å²) in [4.78, 5) is 36.9. The number of nitrogens with two attached hydrogens (primary N) is 1. The van der Waals surface area contributed by atoms with Crippen molar-refractivity contribution in [2.75, 3.05) is 17.6 Å². The largest absolute Gasteiger partial charge is 0.330 e. The maximum absolute atomic E-state index is 12.4. The van der Waals surface area contributed by atoms with Crippen LogP contribution in [0.25, 0.3) is 0 Å². The van der Waals surface area contributed by atoms with Gasteiger partial charge in [-0.1, -0.05) is 30.3 Å². The highest BCUT2D eigenvalue weighted by atomic mass is 35.5. The average molecular weight is 384 g/mol. The van der Waals surface area contributed by atoms with Gasteiger partial charge >= 0.3 is 0 Å². The number of imide groups is 1. The summed E-state index contributed by atoms with van der Waals surface area (Å²) >= 11 is 1.03. The van der Waals surface area contributed by atoms with E-state index in [1.807, 2.05) is 12.1 Å². The Labute approximate surface area is 157 Å². The Bertz CT molecular complexity index is 637. The van der Waals surface area contributed by atoms with Crippen molar-refractivity contribution in [1.29, 1.82) is 0 Å². The molecule has 1 aromatic rings. The lowest BCUT2D eigenvalue weighted by molar-refractivity contribution is -0.125. The Balaban J connectivity index is 0.00000225. The van der Waals surface area contributed by atoms with Gasteiger partial charge in [0.05, 0.1) is 12.3 Å². The number of carbonyl (C=O) groups excluding carboxylic acids is 3. The Morgan fingerprint density at radius 1 is 1.24 bits per heavy atom. The predicted molar refractivity (Wildman–Crippen MR) is 101 cm³/mol. The number of rotatable bonds is 5. The summed E-state index contributed by atoms with van der Waals surface area (Å²) < 4.78 is 0. The molecular formula is C17H22ClN3O3S. The van der Waals surface area contributed by atoms with Gasteiger partial charge in [-0.05, 0) is 43.0 Å². The molecule has 3 amide bonds. The van der Waals surface area contributed by atoms with E-state index in [0.717, 1.165) is 42.3 Å². The van der Waals surface area contributed by atoms with Gasteiger partial charge in [-0.2, -0.15) is 0 Å². The highest BCUT2D eigenvalue weighted by Gasteiger charge is 2.32. The minimum Gasteiger partial charge on any atom is -0.330 e. The molecule has 0 radical (unpaired) electrons. The lowest BCUT2D eigenvalue weighted by Gasteiger charge is -2.18. The van der Waals surface area contributed by atoms with Crippen LogP contribution in [0.15, 0.2) is 24.3 Å². The molecule has 1 saturated heterocycles. The van der Waals surface area contributed by atoms with E-state index < -0.39 is 0 Å². The third-order valence-electron chi connectivity index (χ3n) is 4.70. The van der Waals surface area contributed by atoms with Gasteiger partial charge < -0.3 is 11.1 Å². The fourth-order valence-electron chi connectivity index (χ4n) is 3.31. The molecule has 1 saturated carbocycles. The van der Waals surface area contributed by atoms with Crippen LogP contribution in [-0.2, 0) is 16.1 Å². The van der Waals surface area contributed by atoms with E-state index in [-0.39, 0.29) is 53.6 Å². The van der Waals surface area contributed by atoms with E-state index in [9.17, 15) is 14.4 Å². The number of hydrogen-bond donors (Lipinski definition) is 2. The summed E-state index contributed by atoms with van der Waals surface area (Å²) in [6, 6.07) is 7.26. The molecule has 2 aliphatic rings. The third kappa shape index (κ3) is 4.54. The molecule has 0 aromatic heterocycles. The van der Waals surface area contributed by atoms with Gasteiger partial charge in [-0.25, -0.2) is 0 Å². The van der Waals surface area contributed by atoms with E-state index in [4.69, 9.17) is 5.73 Å². The van der Waals surface area contributed by atoms with Crippen molar-refractivity contribution in [1.82, 2.24) is 4.90 Å². The van der Waals surface area contributed by atoms with Crippen molar-refractivity contribution in [3.8, 4) is 0 Å². The summed E-state index contributed by atoms with van der Waals surface area (Å²) in [6.45, 7) is 0.823. The van der Waals surface area contributed by atoms with Crippen LogP contribution in [0.2, 0.25) is 0 Å². The lowest BCUT2D eigenvalue weighted by atomic mass is 9.95. The Hall–Kier alpha value is -1.57. The van der Waals surface area contributed by atoms with Crippen molar-refractivity contribution in [3.05, 3.63) is 29.8 Å². The van der Waals surface area contributed by atoms with E-state index in [2.05, 4.69) is 5.32 Å². The van der Waals surface area contributed by atoms with Crippen molar-refractivity contribution in [3.63, 3.8) is 0 Å². The molecule has 2 atom stereocenters. The zero-order valence-electron chi connectivity index (χ0n) is 13.8. The number of halogens is 1. The molecule has 0 spiro atoms. The SMILES string of the molecule is Cl.NC[C@H]1CCC[C@H]1C(=O)Nc1ccc(CN2C(=O)CSC2=O)cc1. The highest BCUT2D eigenvalue weighted by Crippen LogP contribution is 2.32. The van der Waals surface area contributed by atoms with Crippen molar-refractivity contribution in [2.45, 2.75) is 25.8 Å². The van der Waals surface area contributed by atoms with E-state index in [1.54, 1.807) is 12.1 Å². The number of thioether (sulfide) groups is 1. The van der Waals surface area contributed by atoms with E-state index >= 15 is 0 Å². The first-order valence-corrected chi connectivity index (χ1v) is 9.14. The number of nitrogens with zero attached hydrogens (tertiary/aromatic N) is 1. The third-order valence-corrected chi connectivity index (χ3v) is 5.56. The number of nitrogens with one attached hydrogen (secondary N) is 1. The van der Waals surface area contributed by atoms with Crippen molar-refractivity contribution in [2.24, 2.45) is 17.6 Å². The molecule has 8 heteroatoms. The molecule has 2 fully saturated rings. The Morgan fingerprint density at radius 2 is 1.96 bits per heavy atom. The lowest BCUT2D eigenvalue weighted by Crippen LogP contribution is -2.29. The zero-order valence-corrected chi connectivity index (χ0v) is 15.4. The molecule has 0 unspecified atom stereocenters. The molecule has 3 N–H and O–H groups in total. The average Bonchev–Trinajstić information content (AvgIpc) is 3.18. The molecule has 6 nitrogen and oxygen atoms in total. The molecule has 1 aliphatic carbocycles. The van der Waals surface area contributed by atoms with Crippen LogP contribution in [0.5, 0.6) is 0 Å². The van der Waals surface area contributed by atoms with Crippen molar-refractivity contribution >= 4 is 46.9 Å². The number of carbonyl (C=O) groups is 3. The predicted octanol–water partition coefficient (Wildman–Crippen LogP) is 2.62. The summed E-state index contributed by atoms with van der Waals surface area (Å²) in [5, 5.41) is 2.74. The van der Waals surface area contributed by atoms with Gasteiger partial charge in [0, 0.05) is 11.6 Å². The molecule has 3 rings (SSSR count). The standard InChI is InChI=1S/C17H21N3O3S.ClH/c18-8-12-2-1-3-14(12)16(22)19-13-6-4-11(5-7-13)9-20-15(21)10-24-17(20)23;/h4-7,12,14H,1-3,8-10,18H2,(H,19,22);1H/t12-,14-;/m1./s1. The second-order valence-corrected chi connectivity index (χ2v) is 7.18. The first kappa shape index (κ1) is 19.8. The number of hydrogen-bond acceptors (Lipinski definition) is 5. The molecular weight excluding hydrogens is 362 g/mol. The van der Waals surface area contributed by atoms with Crippen LogP contribution >= 0.6 is 24.2 Å². The second kappa shape index (κ2) is 8.69. The first-order chi connectivity index (χ1) is 11.6. The summed E-state index contributed by atoms with van der Waals surface area (Å²) in [6.07, 6.45) is 2.96. The molecule has 25 heavy (non-hydrogen) atoms. The summed E-state index contributed by atoms with van der Waals surface area (Å²) in [5.41, 5.74) is 7.32. The van der Waals surface area contributed by atoms with E-state index in [0.29, 0.717) is 6.54 Å². The zero-order chi connectivity index (χ0) is 17.1. The van der Waals surface area contributed by atoms with Crippen LogP contribution in [-0.4, -0.2) is 34.3 Å². The molecule has 0 bridgehead atoms. The van der Waals surface area contributed by atoms with Crippen LogP contribution in [0.1, 0.15) is 24.8 Å². The van der Waals surface area contributed by atoms with Gasteiger partial charge in [0.1, 0.15) is 0 Å². The topological polar surface area (TPSA) is 92.5 Å². The molecule has 136 valence electrons. The van der Waals surface area contributed by atoms with Gasteiger partial charge in [0.25, 0.3) is 5.24 Å². The number of anilines is 1. The maximum Gasteiger partial charge on any atom is 0.289 e. The van der Waals surface area contributed by atoms with Crippen LogP contribution < -0.4 is 11.1 Å². The monoisotopic (exact) mass is 383 g/mol. The van der Waals surface area contributed by atoms with Crippen LogP contribution in [0.4, 0.5) is 10.5 Å². The fraction of sp³-hybridized carbons (Fsp3) is 0.471. The smallest absolute Gasteiger partial charge is 0.289 e. The fourth-order valence-corrected chi connectivity index (χ4v) is 4.03. The molecule has 1 aliphatic heterocycles. The van der Waals surface area contributed by atoms with Crippen LogP contribution in [0.3, 0.4) is 0 Å². The van der Waals surface area contributed by atoms with Gasteiger partial charge in [-0.15, -0.1) is 12.4 Å². The summed E-state index contributed by atoms with van der Waals surface area (Å²) in [7, 11) is 0. The number of amides is 3. The molecule has 1 heterocycles. The highest BCUT2D eigenvalue weighted by molar-refractivity contribution is 8.14. The van der Waals surface area contributed by atoms with Crippen LogP contribution in [0, 0.1) is 11.8 Å². The Kier molecular flexibility index (Phi) is 6.87. The first-order valence-electron chi connectivity index (χ1n) is 8.15. The van der Waals surface area contributed by atoms with Gasteiger partial charge in [-0.3, -0.25) is 19.3 Å². The Morgan fingerprint density at radius 3 is 2.56 bits per heavy atom. The quantitative estimate of drug-likeness (QED) is 0.815. The second-order valence-electron chi connectivity index (χ2n) is 6.25. The van der Waals surface area contributed by atoms with Gasteiger partial charge in [0.15, 0.2) is 0 Å². The number of benzene rings is 1. The minimum absolute atomic E-state index is 0. The van der Waals surface area contributed by atoms with E-state index in [1.165, 1.54) is 4.90 Å². The normalized spacial score (nSPS) is 22.8.